The minimum absolute atomic E-state index is 0.582. The molecule has 0 saturated heterocycles. The van der Waals surface area contributed by atoms with Crippen LogP contribution in [0, 0.1) is 0 Å². The van der Waals surface area contributed by atoms with Crippen LogP contribution in [0.5, 0.6) is 11.5 Å². The normalized spacial score (nSPS) is 12.1. The molecule has 1 unspecified atom stereocenters. The molecule has 1 aromatic heterocycles. The number of ether oxygens (including phenoxy) is 2. The van der Waals surface area contributed by atoms with Gasteiger partial charge >= 0.3 is 0 Å². The molecule has 4 nitrogen and oxygen atoms in total. The second-order valence-corrected chi connectivity index (χ2v) is 7.89. The Morgan fingerprint density at radius 3 is 2.52 bits per heavy atom. The number of hydrogen-bond donors (Lipinski definition) is 0. The number of fused-ring (bicyclic) bond motifs is 1. The average Bonchev–Trinajstić information content (AvgIpc) is 3.20. The van der Waals surface area contributed by atoms with Gasteiger partial charge in [0, 0.05) is 12.1 Å². The summed E-state index contributed by atoms with van der Waals surface area (Å²) in [6, 6.07) is 24.9. The third-order valence-electron chi connectivity index (χ3n) is 5.84. The Balaban J connectivity index is 1.48. The van der Waals surface area contributed by atoms with Crippen LogP contribution in [0.3, 0.4) is 0 Å². The van der Waals surface area contributed by atoms with Gasteiger partial charge in [0.2, 0.25) is 0 Å². The summed E-state index contributed by atoms with van der Waals surface area (Å²) in [6.45, 7) is 5.96. The predicted molar refractivity (Wildman–Crippen MR) is 127 cm³/mol. The molecule has 0 fully saturated rings. The van der Waals surface area contributed by atoms with Gasteiger partial charge < -0.3 is 14.0 Å². The molecule has 4 aromatic rings. The van der Waals surface area contributed by atoms with Crippen LogP contribution in [0.15, 0.2) is 72.8 Å². The standard InChI is InChI=1S/C27H30N2O2/c1-4-20(2)21-13-15-23(16-14-21)31-18-8-17-29-26-12-6-5-11-25(26)28-27(29)22-9-7-10-24(19-22)30-3/h5-7,9-16,19-20H,4,8,17-18H2,1-3H3. The lowest BCUT2D eigenvalue weighted by Gasteiger charge is -2.12. The van der Waals surface area contributed by atoms with Crippen LogP contribution in [-0.2, 0) is 6.54 Å². The fourth-order valence-electron chi connectivity index (χ4n) is 3.83. The topological polar surface area (TPSA) is 36.3 Å². The molecule has 0 aliphatic rings. The van der Waals surface area contributed by atoms with E-state index in [4.69, 9.17) is 14.5 Å². The van der Waals surface area contributed by atoms with Crippen molar-refractivity contribution in [3.8, 4) is 22.9 Å². The number of para-hydroxylation sites is 2. The van der Waals surface area contributed by atoms with Gasteiger partial charge in [-0.3, -0.25) is 0 Å². The second-order valence-electron chi connectivity index (χ2n) is 7.89. The maximum absolute atomic E-state index is 6.01. The first kappa shape index (κ1) is 21.0. The van der Waals surface area contributed by atoms with Gasteiger partial charge in [-0.15, -0.1) is 0 Å². The summed E-state index contributed by atoms with van der Waals surface area (Å²) in [5, 5.41) is 0. The summed E-state index contributed by atoms with van der Waals surface area (Å²) in [6.07, 6.45) is 2.04. The predicted octanol–water partition coefficient (Wildman–Crippen LogP) is 6.69. The van der Waals surface area contributed by atoms with Gasteiger partial charge in [-0.2, -0.15) is 0 Å². The van der Waals surface area contributed by atoms with Crippen molar-refractivity contribution in [2.24, 2.45) is 0 Å². The van der Waals surface area contributed by atoms with E-state index >= 15 is 0 Å². The van der Waals surface area contributed by atoms with Crippen molar-refractivity contribution in [2.45, 2.75) is 39.2 Å². The molecule has 160 valence electrons. The second kappa shape index (κ2) is 9.69. The van der Waals surface area contributed by atoms with Crippen molar-refractivity contribution in [1.29, 1.82) is 0 Å². The van der Waals surface area contributed by atoms with E-state index in [9.17, 15) is 0 Å². The molecule has 0 N–H and O–H groups in total. The number of methoxy groups -OCH3 is 1. The largest absolute Gasteiger partial charge is 0.497 e. The van der Waals surface area contributed by atoms with E-state index in [0.717, 1.165) is 53.3 Å². The molecule has 1 atom stereocenters. The Labute approximate surface area is 184 Å². The third-order valence-corrected chi connectivity index (χ3v) is 5.84. The molecule has 0 radical (unpaired) electrons. The molecular weight excluding hydrogens is 384 g/mol. The summed E-state index contributed by atoms with van der Waals surface area (Å²) in [5.41, 5.74) is 4.56. The lowest BCUT2D eigenvalue weighted by Crippen LogP contribution is -2.06. The summed E-state index contributed by atoms with van der Waals surface area (Å²) in [5.74, 6) is 3.30. The molecule has 4 rings (SSSR count). The van der Waals surface area contributed by atoms with Gasteiger partial charge in [0.25, 0.3) is 0 Å². The molecule has 0 aliphatic carbocycles. The molecule has 4 heteroatoms. The number of nitrogens with zero attached hydrogens (tertiary/aromatic N) is 2. The highest BCUT2D eigenvalue weighted by Crippen LogP contribution is 2.28. The number of aromatic nitrogens is 2. The van der Waals surface area contributed by atoms with Crippen LogP contribution in [0.1, 0.15) is 38.2 Å². The van der Waals surface area contributed by atoms with Crippen LogP contribution in [0.4, 0.5) is 0 Å². The van der Waals surface area contributed by atoms with Gasteiger partial charge in [0.15, 0.2) is 0 Å². The Bertz CT molecular complexity index is 1130. The van der Waals surface area contributed by atoms with Crippen molar-refractivity contribution in [1.82, 2.24) is 9.55 Å². The van der Waals surface area contributed by atoms with Crippen LogP contribution >= 0.6 is 0 Å². The van der Waals surface area contributed by atoms with E-state index in [1.54, 1.807) is 7.11 Å². The Hall–Kier alpha value is -3.27. The Morgan fingerprint density at radius 1 is 0.935 bits per heavy atom. The minimum Gasteiger partial charge on any atom is -0.497 e. The van der Waals surface area contributed by atoms with Crippen molar-refractivity contribution in [2.75, 3.05) is 13.7 Å². The quantitative estimate of drug-likeness (QED) is 0.286. The van der Waals surface area contributed by atoms with Crippen molar-refractivity contribution in [3.05, 3.63) is 78.4 Å². The van der Waals surface area contributed by atoms with E-state index in [0.29, 0.717) is 12.5 Å². The van der Waals surface area contributed by atoms with Crippen molar-refractivity contribution >= 4 is 11.0 Å². The first-order valence-corrected chi connectivity index (χ1v) is 11.0. The fourth-order valence-corrected chi connectivity index (χ4v) is 3.83. The lowest BCUT2D eigenvalue weighted by molar-refractivity contribution is 0.302. The summed E-state index contributed by atoms with van der Waals surface area (Å²) in [7, 11) is 1.69. The van der Waals surface area contributed by atoms with Crippen LogP contribution in [0.25, 0.3) is 22.4 Å². The monoisotopic (exact) mass is 414 g/mol. The van der Waals surface area contributed by atoms with Crippen LogP contribution in [0.2, 0.25) is 0 Å². The van der Waals surface area contributed by atoms with Gasteiger partial charge in [-0.05, 0) is 60.7 Å². The molecule has 0 spiro atoms. The van der Waals surface area contributed by atoms with Gasteiger partial charge in [0.05, 0.1) is 24.8 Å². The highest BCUT2D eigenvalue weighted by Gasteiger charge is 2.13. The number of rotatable bonds is 9. The zero-order valence-electron chi connectivity index (χ0n) is 18.5. The van der Waals surface area contributed by atoms with Gasteiger partial charge in [0.1, 0.15) is 17.3 Å². The molecule has 0 bridgehead atoms. The van der Waals surface area contributed by atoms with Gasteiger partial charge in [-0.25, -0.2) is 4.98 Å². The summed E-state index contributed by atoms with van der Waals surface area (Å²) in [4.78, 5) is 4.90. The molecular formula is C27H30N2O2. The van der Waals surface area contributed by atoms with Crippen molar-refractivity contribution < 1.29 is 9.47 Å². The first-order valence-electron chi connectivity index (χ1n) is 11.0. The maximum Gasteiger partial charge on any atom is 0.141 e. The minimum atomic E-state index is 0.582. The van der Waals surface area contributed by atoms with E-state index in [-0.39, 0.29) is 0 Å². The molecule has 31 heavy (non-hydrogen) atoms. The molecule has 0 saturated carbocycles. The molecule has 3 aromatic carbocycles. The first-order chi connectivity index (χ1) is 15.2. The van der Waals surface area contributed by atoms with Crippen molar-refractivity contribution in [3.63, 3.8) is 0 Å². The van der Waals surface area contributed by atoms with Gasteiger partial charge in [-0.1, -0.05) is 50.2 Å². The van der Waals surface area contributed by atoms with E-state index in [1.807, 2.05) is 24.3 Å². The number of hydrogen-bond acceptors (Lipinski definition) is 3. The number of aryl methyl sites for hydroxylation is 1. The fraction of sp³-hybridized carbons (Fsp3) is 0.296. The maximum atomic E-state index is 6.01. The molecule has 0 amide bonds. The summed E-state index contributed by atoms with van der Waals surface area (Å²) < 4.78 is 13.7. The highest BCUT2D eigenvalue weighted by atomic mass is 16.5. The van der Waals surface area contributed by atoms with E-state index in [1.165, 1.54) is 5.56 Å². The van der Waals surface area contributed by atoms with Crippen LogP contribution in [-0.4, -0.2) is 23.3 Å². The van der Waals surface area contributed by atoms with E-state index in [2.05, 4.69) is 66.9 Å². The highest BCUT2D eigenvalue weighted by molar-refractivity contribution is 5.80. The smallest absolute Gasteiger partial charge is 0.141 e. The summed E-state index contributed by atoms with van der Waals surface area (Å²) >= 11 is 0. The Morgan fingerprint density at radius 2 is 1.74 bits per heavy atom. The lowest BCUT2D eigenvalue weighted by atomic mass is 9.99. The zero-order chi connectivity index (χ0) is 21.6. The van der Waals surface area contributed by atoms with Crippen LogP contribution < -0.4 is 9.47 Å². The molecule has 0 aliphatic heterocycles. The zero-order valence-corrected chi connectivity index (χ0v) is 18.5. The Kier molecular flexibility index (Phi) is 6.56. The number of benzene rings is 3. The third kappa shape index (κ3) is 4.74. The SMILES string of the molecule is CCC(C)c1ccc(OCCCn2c(-c3cccc(OC)c3)nc3ccccc32)cc1. The molecule has 1 heterocycles. The van der Waals surface area contributed by atoms with E-state index < -0.39 is 0 Å². The number of imidazole rings is 1. The average molecular weight is 415 g/mol.